The van der Waals surface area contributed by atoms with Gasteiger partial charge in [0.2, 0.25) is 5.91 Å². The van der Waals surface area contributed by atoms with Crippen LogP contribution in [0.15, 0.2) is 24.3 Å². The first kappa shape index (κ1) is 13.6. The topological polar surface area (TPSA) is 46.3 Å². The Bertz CT molecular complexity index is 393. The number of carbonyl (C=O) groups excluding carboxylic acids is 1. The Kier molecular flexibility index (Phi) is 4.16. The number of nitrogens with two attached hydrogens (primary N) is 1. The van der Waals surface area contributed by atoms with Crippen LogP contribution in [0.2, 0.25) is 0 Å². The van der Waals surface area contributed by atoms with Crippen LogP contribution in [0.3, 0.4) is 0 Å². The number of nitrogens with zero attached hydrogens (tertiary/aromatic N) is 1. The van der Waals surface area contributed by atoms with Gasteiger partial charge in [-0.05, 0) is 30.5 Å². The van der Waals surface area contributed by atoms with Crippen molar-refractivity contribution in [1.82, 2.24) is 0 Å². The quantitative estimate of drug-likeness (QED) is 0.817. The summed E-state index contributed by atoms with van der Waals surface area (Å²) in [6.45, 7) is 8.84. The lowest BCUT2D eigenvalue weighted by molar-refractivity contribution is -0.120. The number of hydrogen-bond donors (Lipinski definition) is 1. The maximum atomic E-state index is 12.2. The van der Waals surface area contributed by atoms with Crippen molar-refractivity contribution in [3.8, 4) is 0 Å². The molecule has 3 heteroatoms. The Morgan fingerprint density at radius 3 is 2.47 bits per heavy atom. The SMILES string of the molecule is CCN(C(=O)CC(C)(C)C)c1cccc(N)c1. The minimum absolute atomic E-state index is 0.00479. The summed E-state index contributed by atoms with van der Waals surface area (Å²) in [4.78, 5) is 14.0. The van der Waals surface area contributed by atoms with Gasteiger partial charge in [-0.15, -0.1) is 0 Å². The normalized spacial score (nSPS) is 11.3. The minimum atomic E-state index is 0.00479. The van der Waals surface area contributed by atoms with Gasteiger partial charge in [-0.1, -0.05) is 26.8 Å². The van der Waals surface area contributed by atoms with Crippen LogP contribution < -0.4 is 10.6 Å². The zero-order valence-corrected chi connectivity index (χ0v) is 11.2. The van der Waals surface area contributed by atoms with Gasteiger partial charge >= 0.3 is 0 Å². The van der Waals surface area contributed by atoms with E-state index in [1.165, 1.54) is 0 Å². The molecular weight excluding hydrogens is 212 g/mol. The number of rotatable bonds is 3. The van der Waals surface area contributed by atoms with Crippen LogP contribution in [0.5, 0.6) is 0 Å². The maximum absolute atomic E-state index is 12.2. The van der Waals surface area contributed by atoms with Crippen molar-refractivity contribution in [1.29, 1.82) is 0 Å². The lowest BCUT2D eigenvalue weighted by Crippen LogP contribution is -2.33. The molecular formula is C14H22N2O. The van der Waals surface area contributed by atoms with E-state index < -0.39 is 0 Å². The average Bonchev–Trinajstić information content (AvgIpc) is 2.15. The summed E-state index contributed by atoms with van der Waals surface area (Å²) in [7, 11) is 0. The predicted octanol–water partition coefficient (Wildman–Crippen LogP) is 3.06. The number of carbonyl (C=O) groups is 1. The molecule has 0 bridgehead atoms. The highest BCUT2D eigenvalue weighted by Crippen LogP contribution is 2.24. The van der Waals surface area contributed by atoms with Gasteiger partial charge in [0, 0.05) is 24.3 Å². The molecule has 17 heavy (non-hydrogen) atoms. The average molecular weight is 234 g/mol. The van der Waals surface area contributed by atoms with Crippen molar-refractivity contribution in [3.05, 3.63) is 24.3 Å². The molecule has 1 aromatic rings. The fraction of sp³-hybridized carbons (Fsp3) is 0.500. The Hall–Kier alpha value is -1.51. The second kappa shape index (κ2) is 5.21. The molecule has 2 N–H and O–H groups in total. The summed E-state index contributed by atoms with van der Waals surface area (Å²) in [5.74, 6) is 0.144. The zero-order chi connectivity index (χ0) is 13.1. The van der Waals surface area contributed by atoms with Crippen LogP contribution >= 0.6 is 0 Å². The summed E-state index contributed by atoms with van der Waals surface area (Å²) in [5, 5.41) is 0. The standard InChI is InChI=1S/C14H22N2O/c1-5-16(13(17)10-14(2,3)4)12-8-6-7-11(15)9-12/h6-9H,5,10,15H2,1-4H3. The number of nitrogen functional groups attached to an aromatic ring is 1. The smallest absolute Gasteiger partial charge is 0.227 e. The first-order chi connectivity index (χ1) is 7.83. The highest BCUT2D eigenvalue weighted by Gasteiger charge is 2.21. The van der Waals surface area contributed by atoms with Gasteiger partial charge in [-0.2, -0.15) is 0 Å². The Morgan fingerprint density at radius 2 is 2.00 bits per heavy atom. The van der Waals surface area contributed by atoms with Crippen molar-refractivity contribution in [3.63, 3.8) is 0 Å². The van der Waals surface area contributed by atoms with E-state index in [-0.39, 0.29) is 11.3 Å². The molecule has 0 saturated carbocycles. The number of hydrogen-bond acceptors (Lipinski definition) is 2. The molecule has 0 fully saturated rings. The molecule has 0 unspecified atom stereocenters. The van der Waals surface area contributed by atoms with Gasteiger partial charge < -0.3 is 10.6 Å². The van der Waals surface area contributed by atoms with Crippen molar-refractivity contribution in [2.45, 2.75) is 34.1 Å². The first-order valence-corrected chi connectivity index (χ1v) is 5.99. The molecule has 0 heterocycles. The van der Waals surface area contributed by atoms with E-state index in [1.54, 1.807) is 4.90 Å². The third kappa shape index (κ3) is 4.10. The molecule has 1 rings (SSSR count). The molecule has 0 aliphatic rings. The summed E-state index contributed by atoms with van der Waals surface area (Å²) in [6, 6.07) is 7.45. The van der Waals surface area contributed by atoms with Crippen LogP contribution in [0, 0.1) is 5.41 Å². The van der Waals surface area contributed by atoms with E-state index in [0.29, 0.717) is 18.7 Å². The summed E-state index contributed by atoms with van der Waals surface area (Å²) < 4.78 is 0. The molecule has 0 spiro atoms. The number of anilines is 2. The largest absolute Gasteiger partial charge is 0.399 e. The number of benzene rings is 1. The molecule has 1 amide bonds. The lowest BCUT2D eigenvalue weighted by atomic mass is 9.91. The van der Waals surface area contributed by atoms with Crippen LogP contribution in [0.1, 0.15) is 34.1 Å². The minimum Gasteiger partial charge on any atom is -0.399 e. The lowest BCUT2D eigenvalue weighted by Gasteiger charge is -2.25. The Balaban J connectivity index is 2.88. The maximum Gasteiger partial charge on any atom is 0.227 e. The van der Waals surface area contributed by atoms with Crippen molar-refractivity contribution >= 4 is 17.3 Å². The predicted molar refractivity (Wildman–Crippen MR) is 73.0 cm³/mol. The third-order valence-corrected chi connectivity index (χ3v) is 2.48. The van der Waals surface area contributed by atoms with Gasteiger partial charge in [0.15, 0.2) is 0 Å². The van der Waals surface area contributed by atoms with E-state index in [4.69, 9.17) is 5.73 Å². The van der Waals surface area contributed by atoms with Gasteiger partial charge in [0.25, 0.3) is 0 Å². The fourth-order valence-electron chi connectivity index (χ4n) is 1.74. The van der Waals surface area contributed by atoms with Gasteiger partial charge in [0.1, 0.15) is 0 Å². The Labute approximate surface area is 104 Å². The van der Waals surface area contributed by atoms with Crippen molar-refractivity contribution < 1.29 is 4.79 Å². The van der Waals surface area contributed by atoms with Crippen LogP contribution in [0.4, 0.5) is 11.4 Å². The molecule has 0 aromatic heterocycles. The van der Waals surface area contributed by atoms with E-state index in [9.17, 15) is 4.79 Å². The van der Waals surface area contributed by atoms with Gasteiger partial charge in [-0.3, -0.25) is 4.79 Å². The fourth-order valence-corrected chi connectivity index (χ4v) is 1.74. The van der Waals surface area contributed by atoms with E-state index in [0.717, 1.165) is 5.69 Å². The first-order valence-electron chi connectivity index (χ1n) is 5.99. The Morgan fingerprint density at radius 1 is 1.35 bits per heavy atom. The molecule has 0 aliphatic heterocycles. The van der Waals surface area contributed by atoms with Crippen molar-refractivity contribution in [2.24, 2.45) is 5.41 Å². The van der Waals surface area contributed by atoms with E-state index in [2.05, 4.69) is 20.8 Å². The molecule has 0 aliphatic carbocycles. The highest BCUT2D eigenvalue weighted by atomic mass is 16.2. The molecule has 0 atom stereocenters. The summed E-state index contributed by atoms with van der Waals surface area (Å²) >= 11 is 0. The van der Waals surface area contributed by atoms with Crippen LogP contribution in [-0.2, 0) is 4.79 Å². The molecule has 1 aromatic carbocycles. The van der Waals surface area contributed by atoms with E-state index in [1.807, 2.05) is 31.2 Å². The zero-order valence-electron chi connectivity index (χ0n) is 11.2. The third-order valence-electron chi connectivity index (χ3n) is 2.48. The monoisotopic (exact) mass is 234 g/mol. The molecule has 94 valence electrons. The molecule has 0 saturated heterocycles. The van der Waals surface area contributed by atoms with Crippen molar-refractivity contribution in [2.75, 3.05) is 17.2 Å². The summed E-state index contributed by atoms with van der Waals surface area (Å²) in [5.41, 5.74) is 7.31. The second-order valence-corrected chi connectivity index (χ2v) is 5.47. The summed E-state index contributed by atoms with van der Waals surface area (Å²) in [6.07, 6.45) is 0.537. The van der Waals surface area contributed by atoms with Gasteiger partial charge in [0.05, 0.1) is 0 Å². The molecule has 0 radical (unpaired) electrons. The second-order valence-electron chi connectivity index (χ2n) is 5.47. The highest BCUT2D eigenvalue weighted by molar-refractivity contribution is 5.94. The van der Waals surface area contributed by atoms with Crippen LogP contribution in [-0.4, -0.2) is 12.5 Å². The molecule has 3 nitrogen and oxygen atoms in total. The van der Waals surface area contributed by atoms with E-state index >= 15 is 0 Å². The number of amides is 1. The van der Waals surface area contributed by atoms with Crippen LogP contribution in [0.25, 0.3) is 0 Å². The van der Waals surface area contributed by atoms with Gasteiger partial charge in [-0.25, -0.2) is 0 Å².